The molecule has 60 heavy (non-hydrogen) atoms. The number of halogens is 2. The van der Waals surface area contributed by atoms with Crippen LogP contribution in [0.2, 0.25) is 0 Å². The molecular weight excluding hydrogens is 813 g/mol. The van der Waals surface area contributed by atoms with Gasteiger partial charge in [-0.3, -0.25) is 39.8 Å². The van der Waals surface area contributed by atoms with Gasteiger partial charge in [-0.05, 0) is 18.6 Å². The number of nitrogens with one attached hydrogen (secondary N) is 4. The van der Waals surface area contributed by atoms with Crippen molar-refractivity contribution in [1.29, 1.82) is 0 Å². The van der Waals surface area contributed by atoms with E-state index in [9.17, 15) is 33.5 Å². The van der Waals surface area contributed by atoms with Gasteiger partial charge in [-0.1, -0.05) is 63.2 Å². The Labute approximate surface area is 359 Å². The second kappa shape index (κ2) is 19.9. The summed E-state index contributed by atoms with van der Waals surface area (Å²) in [6, 6.07) is 8.16. The molecule has 0 bridgehead atoms. The molecular formula is C34H41F2N12NaO11. The standard InChI is InChI=1S/C21H23FN6O5.C13H17FN6O5.Na.H2O/c1-4-12-13(22)15(33-20(31)11-8-6-5-7-9-11)19(32-12)28-16-14(26-27-28)18(30)25-21(23-16)24-17(29)10(2)3;1-4(2)10(23)16-13-15-9-7(11(24)17-13)18-19-20(9)12-8(22)6(14)5(3-21)25-12;;/h5-10,12-13,15,19H,4H2,1-3H3,(H2,23,24,25,29,30);4-6,8,12,21-22H,3H2,1-2H3,(H2,15,16,17,23,24);;1H2/q;;+1;/p-1/t12-,13-,15-,19-;5-,6-,8-,12-;;/m11../s1. The predicted octanol–water partition coefficient (Wildman–Crippen LogP) is -2.49. The van der Waals surface area contributed by atoms with Crippen molar-refractivity contribution < 1.29 is 82.6 Å². The zero-order chi connectivity index (χ0) is 42.0. The van der Waals surface area contributed by atoms with Gasteiger partial charge in [0.1, 0.15) is 12.2 Å². The van der Waals surface area contributed by atoms with E-state index in [-0.39, 0.29) is 98.5 Å². The first-order valence-corrected chi connectivity index (χ1v) is 18.1. The molecule has 4 aromatic heterocycles. The van der Waals surface area contributed by atoms with Crippen LogP contribution in [0.5, 0.6) is 0 Å². The number of alkyl halides is 2. The third-order valence-corrected chi connectivity index (χ3v) is 9.07. The van der Waals surface area contributed by atoms with E-state index < -0.39 is 72.9 Å². The fraction of sp³-hybridized carbons (Fsp3) is 0.500. The number of aliphatic hydroxyl groups is 2. The van der Waals surface area contributed by atoms with Crippen LogP contribution in [0.25, 0.3) is 22.3 Å². The van der Waals surface area contributed by atoms with Gasteiger partial charge in [-0.2, -0.15) is 19.3 Å². The minimum atomic E-state index is -1.84. The number of aromatic nitrogens is 10. The van der Waals surface area contributed by atoms with Crippen LogP contribution in [0.1, 0.15) is 63.9 Å². The molecule has 7 N–H and O–H groups in total. The number of esters is 1. The Bertz CT molecular complexity index is 2410. The average molecular weight is 855 g/mol. The molecule has 8 atom stereocenters. The maximum absolute atomic E-state index is 15.2. The Morgan fingerprint density at radius 1 is 0.833 bits per heavy atom. The first kappa shape index (κ1) is 47.5. The largest absolute Gasteiger partial charge is 1.00 e. The fourth-order valence-corrected chi connectivity index (χ4v) is 5.83. The van der Waals surface area contributed by atoms with Gasteiger partial charge in [0.25, 0.3) is 11.1 Å². The summed E-state index contributed by atoms with van der Waals surface area (Å²) in [6.07, 6.45) is -10.8. The van der Waals surface area contributed by atoms with Crippen LogP contribution in [0, 0.1) is 11.8 Å². The number of carbonyl (C=O) groups is 3. The van der Waals surface area contributed by atoms with Crippen LogP contribution in [0.4, 0.5) is 20.7 Å². The number of benzene rings is 1. The van der Waals surface area contributed by atoms with Crippen molar-refractivity contribution in [2.75, 3.05) is 17.2 Å². The van der Waals surface area contributed by atoms with E-state index in [1.54, 1.807) is 65.0 Å². The van der Waals surface area contributed by atoms with Gasteiger partial charge in [0.15, 0.2) is 53.2 Å². The van der Waals surface area contributed by atoms with Gasteiger partial charge in [-0.25, -0.2) is 13.6 Å². The molecule has 2 aliphatic heterocycles. The van der Waals surface area contributed by atoms with Gasteiger partial charge in [0.2, 0.25) is 23.7 Å². The predicted molar refractivity (Wildman–Crippen MR) is 197 cm³/mol. The zero-order valence-corrected chi connectivity index (χ0v) is 35.0. The Balaban J connectivity index is 0.000000265. The number of hydrogen-bond acceptors (Lipinski definition) is 17. The van der Waals surface area contributed by atoms with Gasteiger partial charge >= 0.3 is 35.5 Å². The van der Waals surface area contributed by atoms with Crippen LogP contribution in [-0.2, 0) is 23.8 Å². The molecule has 0 spiro atoms. The number of aromatic amines is 2. The number of ether oxygens (including phenoxy) is 3. The summed E-state index contributed by atoms with van der Waals surface area (Å²) in [6.45, 7) is 7.79. The topological polar surface area (TPSA) is 326 Å². The molecule has 0 unspecified atom stereocenters. The molecule has 0 radical (unpaired) electrons. The molecule has 26 heteroatoms. The number of aliphatic hydroxyl groups excluding tert-OH is 2. The van der Waals surface area contributed by atoms with Crippen LogP contribution >= 0.6 is 0 Å². The molecule has 0 aliphatic carbocycles. The van der Waals surface area contributed by atoms with Crippen molar-refractivity contribution in [1.82, 2.24) is 49.9 Å². The van der Waals surface area contributed by atoms with Crippen molar-refractivity contribution in [2.45, 2.75) is 90.3 Å². The summed E-state index contributed by atoms with van der Waals surface area (Å²) in [4.78, 5) is 73.9. The number of anilines is 2. The summed E-state index contributed by atoms with van der Waals surface area (Å²) >= 11 is 0. The summed E-state index contributed by atoms with van der Waals surface area (Å²) in [5.41, 5.74) is -1.51. The summed E-state index contributed by atoms with van der Waals surface area (Å²) in [5.74, 6) is -2.42. The minimum absolute atomic E-state index is 0. The van der Waals surface area contributed by atoms with Crippen molar-refractivity contribution >= 4 is 52.0 Å². The molecule has 2 amide bonds. The molecule has 6 heterocycles. The van der Waals surface area contributed by atoms with E-state index >= 15 is 4.39 Å². The molecule has 318 valence electrons. The smallest absolute Gasteiger partial charge is 0.870 e. The summed E-state index contributed by atoms with van der Waals surface area (Å²) in [5, 5.41) is 39.0. The first-order chi connectivity index (χ1) is 27.6. The zero-order valence-electron chi connectivity index (χ0n) is 33.0. The van der Waals surface area contributed by atoms with Crippen LogP contribution in [-0.4, -0.2) is 127 Å². The van der Waals surface area contributed by atoms with Gasteiger partial charge in [-0.15, -0.1) is 10.2 Å². The monoisotopic (exact) mass is 854 g/mol. The van der Waals surface area contributed by atoms with Crippen LogP contribution in [0.3, 0.4) is 0 Å². The van der Waals surface area contributed by atoms with Crippen molar-refractivity contribution in [2.24, 2.45) is 11.8 Å². The van der Waals surface area contributed by atoms with E-state index in [1.807, 2.05) is 0 Å². The third-order valence-electron chi connectivity index (χ3n) is 9.07. The average Bonchev–Trinajstić information content (AvgIpc) is 3.96. The van der Waals surface area contributed by atoms with Crippen LogP contribution in [0.15, 0.2) is 39.9 Å². The number of nitrogens with zero attached hydrogens (tertiary/aromatic N) is 8. The molecule has 2 aliphatic rings. The molecule has 2 saturated heterocycles. The summed E-state index contributed by atoms with van der Waals surface area (Å²) < 4.78 is 47.6. The molecule has 0 saturated carbocycles. The number of fused-ring (bicyclic) bond motifs is 2. The minimum Gasteiger partial charge on any atom is -0.870 e. The number of rotatable bonds is 10. The second-order valence-corrected chi connectivity index (χ2v) is 13.9. The van der Waals surface area contributed by atoms with E-state index in [1.165, 1.54) is 0 Å². The SMILES string of the molecule is CC(C)C(=O)Nc1nc2c(nnn2[C@@H]2O[C@H](CO)[C@@H](F)[C@H]2O)c(=O)[nH]1.CC[C@H]1O[C@@H](n2nnc3c(=O)[nH]c(NC(=O)C(C)C)nc32)[C@H](OC(=O)c2ccccc2)[C@@H]1F.[Na+].[OH-]. The summed E-state index contributed by atoms with van der Waals surface area (Å²) in [7, 11) is 0. The van der Waals surface area contributed by atoms with E-state index in [0.29, 0.717) is 6.42 Å². The van der Waals surface area contributed by atoms with Crippen molar-refractivity contribution in [3.8, 4) is 0 Å². The number of H-pyrrole nitrogens is 2. The van der Waals surface area contributed by atoms with E-state index in [2.05, 4.69) is 51.2 Å². The van der Waals surface area contributed by atoms with Crippen molar-refractivity contribution in [3.05, 3.63) is 56.6 Å². The Kier molecular flexibility index (Phi) is 15.8. The maximum atomic E-state index is 15.2. The number of hydrogen-bond donors (Lipinski definition) is 6. The third kappa shape index (κ3) is 9.73. The molecule has 2 fully saturated rings. The first-order valence-electron chi connectivity index (χ1n) is 18.1. The molecule has 7 rings (SSSR count). The molecule has 1 aromatic carbocycles. The van der Waals surface area contributed by atoms with E-state index in [4.69, 9.17) is 19.3 Å². The van der Waals surface area contributed by atoms with Crippen molar-refractivity contribution in [3.63, 3.8) is 0 Å². The number of carbonyl (C=O) groups excluding carboxylic acids is 3. The van der Waals surface area contributed by atoms with Crippen LogP contribution < -0.4 is 51.3 Å². The Hall–Kier alpha value is -5.15. The fourth-order valence-electron chi connectivity index (χ4n) is 5.83. The molecule has 5 aromatic rings. The quantitative estimate of drug-likeness (QED) is 0.0625. The van der Waals surface area contributed by atoms with E-state index in [0.717, 1.165) is 9.36 Å². The maximum Gasteiger partial charge on any atom is 1.00 e. The Morgan fingerprint density at radius 3 is 1.77 bits per heavy atom. The Morgan fingerprint density at radius 2 is 1.32 bits per heavy atom. The number of amides is 2. The second-order valence-electron chi connectivity index (χ2n) is 13.9. The normalized spacial score (nSPS) is 23.4. The van der Waals surface area contributed by atoms with Gasteiger partial charge in [0, 0.05) is 11.8 Å². The van der Waals surface area contributed by atoms with Gasteiger partial charge < -0.3 is 29.9 Å². The molecule has 23 nitrogen and oxygen atoms in total. The van der Waals surface area contributed by atoms with Gasteiger partial charge in [0.05, 0.1) is 18.3 Å².